The number of para-hydroxylation sites is 2. The minimum absolute atomic E-state index is 0.662. The number of piperidine rings is 1. The molecule has 1 saturated heterocycles. The number of benzene rings is 1. The molecule has 3 nitrogen and oxygen atoms in total. The molecule has 1 aliphatic rings. The Morgan fingerprint density at radius 2 is 2.11 bits per heavy atom. The van der Waals surface area contributed by atoms with E-state index in [0.29, 0.717) is 12.6 Å². The van der Waals surface area contributed by atoms with E-state index >= 15 is 0 Å². The highest BCUT2D eigenvalue weighted by atomic mass is 16.5. The molecular weight excluding hydrogens is 224 g/mol. The van der Waals surface area contributed by atoms with Gasteiger partial charge in [0, 0.05) is 12.6 Å². The monoisotopic (exact) mass is 248 g/mol. The summed E-state index contributed by atoms with van der Waals surface area (Å²) in [7, 11) is 0. The minimum Gasteiger partial charge on any atom is -0.490 e. The number of rotatable bonds is 4. The zero-order valence-electron chi connectivity index (χ0n) is 11.4. The van der Waals surface area contributed by atoms with Gasteiger partial charge in [-0.15, -0.1) is 0 Å². The van der Waals surface area contributed by atoms with E-state index in [1.807, 2.05) is 24.3 Å². The fraction of sp³-hybridized carbons (Fsp3) is 0.600. The van der Waals surface area contributed by atoms with Crippen molar-refractivity contribution in [3.63, 3.8) is 0 Å². The summed E-state index contributed by atoms with van der Waals surface area (Å²) in [5, 5.41) is 0. The van der Waals surface area contributed by atoms with Gasteiger partial charge >= 0.3 is 0 Å². The van der Waals surface area contributed by atoms with Crippen LogP contribution in [0.3, 0.4) is 0 Å². The average molecular weight is 248 g/mol. The van der Waals surface area contributed by atoms with E-state index in [9.17, 15) is 0 Å². The first kappa shape index (κ1) is 13.2. The lowest BCUT2D eigenvalue weighted by molar-refractivity contribution is 0.0959. The number of hydrogen-bond donors (Lipinski definition) is 1. The van der Waals surface area contributed by atoms with E-state index in [1.165, 1.54) is 19.4 Å². The largest absolute Gasteiger partial charge is 0.490 e. The first-order valence-electron chi connectivity index (χ1n) is 6.90. The van der Waals surface area contributed by atoms with Crippen LogP contribution in [0.15, 0.2) is 24.3 Å². The van der Waals surface area contributed by atoms with Crippen LogP contribution in [0.4, 0.5) is 5.69 Å². The fourth-order valence-corrected chi connectivity index (χ4v) is 2.62. The molecule has 1 heterocycles. The molecule has 1 aromatic carbocycles. The van der Waals surface area contributed by atoms with Gasteiger partial charge in [-0.3, -0.25) is 4.90 Å². The van der Waals surface area contributed by atoms with Gasteiger partial charge in [-0.25, -0.2) is 0 Å². The molecule has 2 rings (SSSR count). The number of hydrogen-bond acceptors (Lipinski definition) is 3. The Hall–Kier alpha value is -1.22. The highest BCUT2D eigenvalue weighted by Crippen LogP contribution is 2.23. The summed E-state index contributed by atoms with van der Waals surface area (Å²) in [5.41, 5.74) is 6.57. The summed E-state index contributed by atoms with van der Waals surface area (Å²) in [6, 6.07) is 8.35. The summed E-state index contributed by atoms with van der Waals surface area (Å²) in [5.74, 6) is 1.59. The zero-order valence-corrected chi connectivity index (χ0v) is 11.4. The van der Waals surface area contributed by atoms with Crippen LogP contribution >= 0.6 is 0 Å². The quantitative estimate of drug-likeness (QED) is 0.833. The molecule has 18 heavy (non-hydrogen) atoms. The Bertz CT molecular complexity index is 381. The molecule has 1 fully saturated rings. The van der Waals surface area contributed by atoms with E-state index in [4.69, 9.17) is 10.5 Å². The second kappa shape index (κ2) is 6.10. The van der Waals surface area contributed by atoms with E-state index < -0.39 is 0 Å². The lowest BCUT2D eigenvalue weighted by atomic mass is 9.92. The Morgan fingerprint density at radius 3 is 2.89 bits per heavy atom. The van der Waals surface area contributed by atoms with Crippen LogP contribution in [0, 0.1) is 5.92 Å². The van der Waals surface area contributed by atoms with Crippen LogP contribution in [0.2, 0.25) is 0 Å². The fourth-order valence-electron chi connectivity index (χ4n) is 2.62. The zero-order chi connectivity index (χ0) is 13.0. The molecule has 0 amide bonds. The van der Waals surface area contributed by atoms with Gasteiger partial charge in [0.05, 0.1) is 5.69 Å². The van der Waals surface area contributed by atoms with Crippen molar-refractivity contribution in [3.05, 3.63) is 24.3 Å². The van der Waals surface area contributed by atoms with Gasteiger partial charge in [0.25, 0.3) is 0 Å². The second-order valence-electron chi connectivity index (χ2n) is 5.28. The van der Waals surface area contributed by atoms with Crippen LogP contribution in [-0.2, 0) is 0 Å². The lowest BCUT2D eigenvalue weighted by Gasteiger charge is -2.37. The summed E-state index contributed by atoms with van der Waals surface area (Å²) >= 11 is 0. The number of likely N-dealkylation sites (tertiary alicyclic amines) is 1. The molecule has 100 valence electrons. The molecule has 0 spiro atoms. The molecule has 3 heteroatoms. The van der Waals surface area contributed by atoms with Crippen LogP contribution in [-0.4, -0.2) is 30.6 Å². The van der Waals surface area contributed by atoms with Crippen LogP contribution in [0.1, 0.15) is 26.7 Å². The molecule has 2 atom stereocenters. The first-order valence-corrected chi connectivity index (χ1v) is 6.90. The van der Waals surface area contributed by atoms with Crippen molar-refractivity contribution in [2.75, 3.05) is 25.4 Å². The standard InChI is InChI=1S/C15H24N2O/c1-12-6-5-9-17(13(12)2)10-11-18-15-8-4-3-7-14(15)16/h3-4,7-8,12-13H,5-6,9-11,16H2,1-2H3. The normalized spacial score (nSPS) is 25.0. The maximum absolute atomic E-state index is 5.85. The van der Waals surface area contributed by atoms with Gasteiger partial charge in [0.15, 0.2) is 0 Å². The van der Waals surface area contributed by atoms with Gasteiger partial charge in [-0.2, -0.15) is 0 Å². The highest BCUT2D eigenvalue weighted by molar-refractivity contribution is 5.51. The van der Waals surface area contributed by atoms with Gasteiger partial charge in [0.1, 0.15) is 12.4 Å². The molecule has 2 unspecified atom stereocenters. The topological polar surface area (TPSA) is 38.5 Å². The Balaban J connectivity index is 1.80. The number of nitrogen functional groups attached to an aromatic ring is 1. The second-order valence-corrected chi connectivity index (χ2v) is 5.28. The third kappa shape index (κ3) is 3.16. The number of nitrogens with zero attached hydrogens (tertiary/aromatic N) is 1. The predicted molar refractivity (Wildman–Crippen MR) is 75.8 cm³/mol. The van der Waals surface area contributed by atoms with Crippen LogP contribution in [0.25, 0.3) is 0 Å². The van der Waals surface area contributed by atoms with Gasteiger partial charge in [-0.05, 0) is 44.4 Å². The van der Waals surface area contributed by atoms with Crippen LogP contribution in [0.5, 0.6) is 5.75 Å². The van der Waals surface area contributed by atoms with Gasteiger partial charge in [0.2, 0.25) is 0 Å². The third-order valence-electron chi connectivity index (χ3n) is 4.06. The predicted octanol–water partition coefficient (Wildman–Crippen LogP) is 2.77. The summed E-state index contributed by atoms with van der Waals surface area (Å²) in [4.78, 5) is 2.52. The molecule has 0 bridgehead atoms. The SMILES string of the molecule is CC1CCCN(CCOc2ccccc2N)C1C. The van der Waals surface area contributed by atoms with Crippen molar-refractivity contribution >= 4 is 5.69 Å². The molecule has 0 radical (unpaired) electrons. The van der Waals surface area contributed by atoms with Crippen LogP contribution < -0.4 is 10.5 Å². The van der Waals surface area contributed by atoms with Gasteiger partial charge < -0.3 is 10.5 Å². The van der Waals surface area contributed by atoms with E-state index in [0.717, 1.165) is 23.9 Å². The molecule has 2 N–H and O–H groups in total. The summed E-state index contributed by atoms with van der Waals surface area (Å²) < 4.78 is 5.76. The molecule has 0 aliphatic carbocycles. The van der Waals surface area contributed by atoms with Crippen molar-refractivity contribution in [2.45, 2.75) is 32.7 Å². The molecule has 0 saturated carbocycles. The van der Waals surface area contributed by atoms with E-state index in [2.05, 4.69) is 18.7 Å². The molecule has 1 aromatic rings. The maximum Gasteiger partial charge on any atom is 0.142 e. The first-order chi connectivity index (χ1) is 8.68. The number of anilines is 1. The number of ether oxygens (including phenoxy) is 1. The van der Waals surface area contributed by atoms with Crippen molar-refractivity contribution in [1.82, 2.24) is 4.90 Å². The summed E-state index contributed by atoms with van der Waals surface area (Å²) in [6.45, 7) is 7.55. The smallest absolute Gasteiger partial charge is 0.142 e. The van der Waals surface area contributed by atoms with Crippen molar-refractivity contribution in [1.29, 1.82) is 0 Å². The van der Waals surface area contributed by atoms with Crippen molar-refractivity contribution < 1.29 is 4.74 Å². The Labute approximate surface area is 110 Å². The molecule has 0 aromatic heterocycles. The van der Waals surface area contributed by atoms with E-state index in [1.54, 1.807) is 0 Å². The Morgan fingerprint density at radius 1 is 1.33 bits per heavy atom. The average Bonchev–Trinajstić information content (AvgIpc) is 2.37. The Kier molecular flexibility index (Phi) is 4.48. The third-order valence-corrected chi connectivity index (χ3v) is 4.06. The molecular formula is C15H24N2O. The highest BCUT2D eigenvalue weighted by Gasteiger charge is 2.24. The van der Waals surface area contributed by atoms with Gasteiger partial charge in [-0.1, -0.05) is 19.1 Å². The van der Waals surface area contributed by atoms with E-state index in [-0.39, 0.29) is 0 Å². The number of nitrogens with two attached hydrogens (primary N) is 1. The minimum atomic E-state index is 0.662. The van der Waals surface area contributed by atoms with Crippen molar-refractivity contribution in [2.24, 2.45) is 5.92 Å². The summed E-state index contributed by atoms with van der Waals surface area (Å²) in [6.07, 6.45) is 2.66. The maximum atomic E-state index is 5.85. The molecule has 1 aliphatic heterocycles. The lowest BCUT2D eigenvalue weighted by Crippen LogP contribution is -2.44. The van der Waals surface area contributed by atoms with Crippen molar-refractivity contribution in [3.8, 4) is 5.75 Å².